The van der Waals surface area contributed by atoms with Crippen LogP contribution in [0, 0.1) is 11.3 Å². The molecule has 0 aliphatic heterocycles. The van der Waals surface area contributed by atoms with E-state index < -0.39 is 0 Å². The number of rotatable bonds is 4. The summed E-state index contributed by atoms with van der Waals surface area (Å²) in [6.07, 6.45) is 3.05. The third-order valence-electron chi connectivity index (χ3n) is 1.33. The van der Waals surface area contributed by atoms with Crippen molar-refractivity contribution in [2.75, 3.05) is 6.54 Å². The Balaban J connectivity index is 3.45. The second kappa shape index (κ2) is 5.15. The maximum atomic E-state index is 7.08. The quantitative estimate of drug-likeness (QED) is 0.581. The Kier molecular flexibility index (Phi) is 4.81. The van der Waals surface area contributed by atoms with Gasteiger partial charge in [-0.3, -0.25) is 4.99 Å². The lowest BCUT2D eigenvalue weighted by Crippen LogP contribution is -1.98. The van der Waals surface area contributed by atoms with Crippen LogP contribution in [0.15, 0.2) is 4.99 Å². The molecule has 2 heteroatoms. The van der Waals surface area contributed by atoms with E-state index in [4.69, 9.17) is 5.41 Å². The lowest BCUT2D eigenvalue weighted by molar-refractivity contribution is 0.752. The molecule has 1 atom stereocenters. The van der Waals surface area contributed by atoms with Crippen molar-refractivity contribution in [2.45, 2.75) is 27.2 Å². The molecule has 0 rings (SSSR count). The van der Waals surface area contributed by atoms with Gasteiger partial charge in [-0.15, -0.1) is 0 Å². The molecule has 0 bridgehead atoms. The minimum atomic E-state index is 0.555. The molecule has 0 aliphatic carbocycles. The van der Waals surface area contributed by atoms with Gasteiger partial charge >= 0.3 is 0 Å². The van der Waals surface area contributed by atoms with Gasteiger partial charge in [-0.2, -0.15) is 0 Å². The fourth-order valence-corrected chi connectivity index (χ4v) is 0.475. The molecule has 0 unspecified atom stereocenters. The SMILES string of the molecule is CC[C@H](C)C=NCC(C)=N. The van der Waals surface area contributed by atoms with Crippen LogP contribution in [0.2, 0.25) is 0 Å². The summed E-state index contributed by atoms with van der Waals surface area (Å²) in [5.41, 5.74) is 0.625. The summed E-state index contributed by atoms with van der Waals surface area (Å²) in [5, 5.41) is 7.08. The fourth-order valence-electron chi connectivity index (χ4n) is 0.475. The molecule has 0 radical (unpaired) electrons. The molecular weight excluding hydrogens is 124 g/mol. The van der Waals surface area contributed by atoms with Crippen LogP contribution >= 0.6 is 0 Å². The van der Waals surface area contributed by atoms with Crippen molar-refractivity contribution < 1.29 is 0 Å². The van der Waals surface area contributed by atoms with Gasteiger partial charge in [-0.05, 0) is 19.3 Å². The van der Waals surface area contributed by atoms with Crippen LogP contribution in [0.25, 0.3) is 0 Å². The van der Waals surface area contributed by atoms with Gasteiger partial charge in [-0.1, -0.05) is 13.8 Å². The highest BCUT2D eigenvalue weighted by molar-refractivity contribution is 5.82. The highest BCUT2D eigenvalue weighted by Gasteiger charge is 1.90. The average molecular weight is 140 g/mol. The van der Waals surface area contributed by atoms with Crippen molar-refractivity contribution in [3.63, 3.8) is 0 Å². The van der Waals surface area contributed by atoms with Crippen molar-refractivity contribution in [3.8, 4) is 0 Å². The van der Waals surface area contributed by atoms with E-state index in [0.29, 0.717) is 18.2 Å². The van der Waals surface area contributed by atoms with Crippen LogP contribution < -0.4 is 0 Å². The second-order valence-electron chi connectivity index (χ2n) is 2.66. The first kappa shape index (κ1) is 9.34. The molecule has 0 spiro atoms. The van der Waals surface area contributed by atoms with Crippen LogP contribution in [0.5, 0.6) is 0 Å². The third-order valence-corrected chi connectivity index (χ3v) is 1.33. The Morgan fingerprint density at radius 3 is 2.70 bits per heavy atom. The molecule has 58 valence electrons. The fraction of sp³-hybridized carbons (Fsp3) is 0.750. The van der Waals surface area contributed by atoms with Gasteiger partial charge in [0.05, 0.1) is 6.54 Å². The molecule has 0 heterocycles. The number of hydrogen-bond acceptors (Lipinski definition) is 2. The van der Waals surface area contributed by atoms with Crippen molar-refractivity contribution in [2.24, 2.45) is 10.9 Å². The van der Waals surface area contributed by atoms with E-state index in [1.54, 1.807) is 6.92 Å². The summed E-state index contributed by atoms with van der Waals surface area (Å²) >= 11 is 0. The lowest BCUT2D eigenvalue weighted by Gasteiger charge is -1.97. The molecule has 1 N–H and O–H groups in total. The van der Waals surface area contributed by atoms with Crippen LogP contribution in [0.4, 0.5) is 0 Å². The Morgan fingerprint density at radius 1 is 1.70 bits per heavy atom. The Morgan fingerprint density at radius 2 is 2.30 bits per heavy atom. The smallest absolute Gasteiger partial charge is 0.0758 e. The summed E-state index contributed by atoms with van der Waals surface area (Å²) in [5.74, 6) is 0.555. The molecule has 0 saturated heterocycles. The molecule has 2 nitrogen and oxygen atoms in total. The summed E-state index contributed by atoms with van der Waals surface area (Å²) < 4.78 is 0. The average Bonchev–Trinajstić information content (AvgIpc) is 1.87. The second-order valence-corrected chi connectivity index (χ2v) is 2.66. The van der Waals surface area contributed by atoms with Gasteiger partial charge in [0.2, 0.25) is 0 Å². The van der Waals surface area contributed by atoms with E-state index in [0.717, 1.165) is 6.42 Å². The van der Waals surface area contributed by atoms with E-state index >= 15 is 0 Å². The topological polar surface area (TPSA) is 36.2 Å². The number of hydrogen-bond donors (Lipinski definition) is 1. The van der Waals surface area contributed by atoms with E-state index in [1.807, 2.05) is 6.21 Å². The maximum absolute atomic E-state index is 7.08. The first-order valence-electron chi connectivity index (χ1n) is 3.70. The van der Waals surface area contributed by atoms with Gasteiger partial charge in [0.25, 0.3) is 0 Å². The normalized spacial score (nSPS) is 13.9. The molecule has 0 aliphatic rings. The monoisotopic (exact) mass is 140 g/mol. The van der Waals surface area contributed by atoms with E-state index in [2.05, 4.69) is 18.8 Å². The van der Waals surface area contributed by atoms with E-state index in [1.165, 1.54) is 0 Å². The zero-order valence-electron chi connectivity index (χ0n) is 7.02. The van der Waals surface area contributed by atoms with Crippen molar-refractivity contribution >= 4 is 11.9 Å². The Hall–Kier alpha value is -0.660. The summed E-state index contributed by atoms with van der Waals surface area (Å²) in [4.78, 5) is 4.09. The summed E-state index contributed by atoms with van der Waals surface area (Å²) in [6.45, 7) is 6.59. The lowest BCUT2D eigenvalue weighted by atomic mass is 10.1. The minimum absolute atomic E-state index is 0.555. The van der Waals surface area contributed by atoms with Gasteiger partial charge < -0.3 is 5.41 Å². The van der Waals surface area contributed by atoms with Gasteiger partial charge in [-0.25, -0.2) is 0 Å². The molecular formula is C8H16N2. The molecule has 0 amide bonds. The number of nitrogens with zero attached hydrogens (tertiary/aromatic N) is 1. The molecule has 10 heavy (non-hydrogen) atoms. The highest BCUT2D eigenvalue weighted by Crippen LogP contribution is 1.94. The molecule has 0 saturated carbocycles. The van der Waals surface area contributed by atoms with Crippen molar-refractivity contribution in [1.29, 1.82) is 5.41 Å². The van der Waals surface area contributed by atoms with Crippen LogP contribution in [-0.4, -0.2) is 18.5 Å². The summed E-state index contributed by atoms with van der Waals surface area (Å²) in [7, 11) is 0. The van der Waals surface area contributed by atoms with Crippen LogP contribution in [0.3, 0.4) is 0 Å². The number of nitrogens with one attached hydrogen (secondary N) is 1. The maximum Gasteiger partial charge on any atom is 0.0758 e. The van der Waals surface area contributed by atoms with E-state index in [-0.39, 0.29) is 0 Å². The predicted molar refractivity (Wildman–Crippen MR) is 46.2 cm³/mol. The highest BCUT2D eigenvalue weighted by atomic mass is 14.7. The van der Waals surface area contributed by atoms with Crippen LogP contribution in [0.1, 0.15) is 27.2 Å². The largest absolute Gasteiger partial charge is 0.308 e. The molecule has 0 aromatic heterocycles. The third kappa shape index (κ3) is 5.48. The first-order chi connectivity index (χ1) is 4.66. The van der Waals surface area contributed by atoms with Crippen molar-refractivity contribution in [3.05, 3.63) is 0 Å². The molecule has 0 fully saturated rings. The summed E-state index contributed by atoms with van der Waals surface area (Å²) in [6, 6.07) is 0. The molecule has 0 aromatic carbocycles. The zero-order valence-corrected chi connectivity index (χ0v) is 7.02. The van der Waals surface area contributed by atoms with Gasteiger partial charge in [0, 0.05) is 11.9 Å². The number of aliphatic imine (C=N–C) groups is 1. The van der Waals surface area contributed by atoms with Crippen molar-refractivity contribution in [1.82, 2.24) is 0 Å². The minimum Gasteiger partial charge on any atom is -0.308 e. The molecule has 0 aromatic rings. The zero-order chi connectivity index (χ0) is 7.98. The standard InChI is InChI=1S/C8H16N2/c1-4-7(2)5-10-6-8(3)9/h5,7,9H,4,6H2,1-3H3/t7-/m0/s1. The Bertz CT molecular complexity index is 127. The van der Waals surface area contributed by atoms with Crippen LogP contribution in [-0.2, 0) is 0 Å². The van der Waals surface area contributed by atoms with Gasteiger partial charge in [0.1, 0.15) is 0 Å². The van der Waals surface area contributed by atoms with E-state index in [9.17, 15) is 0 Å². The van der Waals surface area contributed by atoms with Gasteiger partial charge in [0.15, 0.2) is 0 Å². The Labute approximate surface area is 62.9 Å². The first-order valence-corrected chi connectivity index (χ1v) is 3.70. The predicted octanol–water partition coefficient (Wildman–Crippen LogP) is 2.14.